The van der Waals surface area contributed by atoms with E-state index in [9.17, 15) is 0 Å². The third-order valence-corrected chi connectivity index (χ3v) is 4.67. The van der Waals surface area contributed by atoms with Gasteiger partial charge in [-0.25, -0.2) is 9.97 Å². The molecule has 0 aliphatic heterocycles. The number of fused-ring (bicyclic) bond motifs is 2. The number of rotatable bonds is 2. The minimum absolute atomic E-state index is 0.511. The zero-order chi connectivity index (χ0) is 18.0. The van der Waals surface area contributed by atoms with Crippen molar-refractivity contribution in [2.24, 2.45) is 0 Å². The molecule has 3 heterocycles. The number of aromatic amines is 1. The van der Waals surface area contributed by atoms with E-state index in [-0.39, 0.29) is 0 Å². The fourth-order valence-corrected chi connectivity index (χ4v) is 3.41. The van der Waals surface area contributed by atoms with Crippen LogP contribution in [0.4, 0.5) is 0 Å². The molecule has 0 saturated carbocycles. The Morgan fingerprint density at radius 2 is 1.84 bits per heavy atom. The Hall–Kier alpha value is -2.13. The maximum absolute atomic E-state index is 5.93. The number of hydrogen-bond acceptors (Lipinski definition) is 2. The van der Waals surface area contributed by atoms with Gasteiger partial charge in [0, 0.05) is 24.2 Å². The van der Waals surface area contributed by atoms with Gasteiger partial charge in [0.15, 0.2) is 0 Å². The van der Waals surface area contributed by atoms with Gasteiger partial charge in [0.2, 0.25) is 0 Å². The molecule has 3 aromatic heterocycles. The largest absolute Gasteiger partial charge is 0.346 e. The van der Waals surface area contributed by atoms with E-state index < -0.39 is 0 Å². The molecule has 0 spiro atoms. The number of pyridine rings is 2. The summed E-state index contributed by atoms with van der Waals surface area (Å²) in [5, 5.41) is 1.86. The van der Waals surface area contributed by atoms with Gasteiger partial charge in [0.05, 0.1) is 5.69 Å². The van der Waals surface area contributed by atoms with Crippen LogP contribution in [0.5, 0.6) is 0 Å². The van der Waals surface area contributed by atoms with Gasteiger partial charge >= 0.3 is 0 Å². The summed E-state index contributed by atoms with van der Waals surface area (Å²) in [6.07, 6.45) is 9.00. The van der Waals surface area contributed by atoms with Crippen molar-refractivity contribution in [2.75, 3.05) is 0 Å². The molecule has 0 bridgehead atoms. The van der Waals surface area contributed by atoms with Gasteiger partial charge in [-0.05, 0) is 46.7 Å². The van der Waals surface area contributed by atoms with Crippen molar-refractivity contribution in [3.05, 3.63) is 64.2 Å². The first-order valence-corrected chi connectivity index (χ1v) is 9.13. The molecule has 4 rings (SSSR count). The highest BCUT2D eigenvalue weighted by Crippen LogP contribution is 2.29. The highest BCUT2D eigenvalue weighted by Gasteiger charge is 2.14. The highest BCUT2D eigenvalue weighted by molar-refractivity contribution is 6.29. The van der Waals surface area contributed by atoms with Gasteiger partial charge in [0.25, 0.3) is 0 Å². The molecule has 130 valence electrons. The first-order chi connectivity index (χ1) is 12.0. The normalized spacial score (nSPS) is 12.6. The summed E-state index contributed by atoms with van der Waals surface area (Å²) in [5.74, 6) is 1.07. The quantitative estimate of drug-likeness (QED) is 0.564. The standard InChI is InChI=1S/C11H12ClN.C10H12N2/c1-7(2)9-6-11(12)13-10-5-3-4-8(9)10;1-7(2)8-3-5-11-10-9(8)4-6-12-10/h3-4,6-7H,5H2,1-2H3;3-7H,1-2H3,(H,11,12). The summed E-state index contributed by atoms with van der Waals surface area (Å²) in [7, 11) is 0. The van der Waals surface area contributed by atoms with Crippen molar-refractivity contribution < 1.29 is 0 Å². The smallest absolute Gasteiger partial charge is 0.137 e. The Bertz CT molecular complexity index is 907. The van der Waals surface area contributed by atoms with Crippen LogP contribution in [0.2, 0.25) is 5.15 Å². The Balaban J connectivity index is 0.000000146. The van der Waals surface area contributed by atoms with Gasteiger partial charge in [0.1, 0.15) is 10.8 Å². The molecule has 0 unspecified atom stereocenters. The van der Waals surface area contributed by atoms with E-state index in [0.717, 1.165) is 17.8 Å². The molecule has 3 nitrogen and oxygen atoms in total. The van der Waals surface area contributed by atoms with Crippen LogP contribution in [-0.2, 0) is 6.42 Å². The number of nitrogens with zero attached hydrogens (tertiary/aromatic N) is 2. The first-order valence-electron chi connectivity index (χ1n) is 8.75. The van der Waals surface area contributed by atoms with Gasteiger partial charge < -0.3 is 4.98 Å². The van der Waals surface area contributed by atoms with E-state index in [2.05, 4.69) is 66.9 Å². The van der Waals surface area contributed by atoms with Gasteiger partial charge in [-0.1, -0.05) is 51.4 Å². The number of halogens is 1. The van der Waals surface area contributed by atoms with E-state index in [1.54, 1.807) is 0 Å². The highest BCUT2D eigenvalue weighted by atomic mass is 35.5. The van der Waals surface area contributed by atoms with Crippen molar-refractivity contribution in [2.45, 2.75) is 46.0 Å². The van der Waals surface area contributed by atoms with Crippen LogP contribution in [0, 0.1) is 0 Å². The van der Waals surface area contributed by atoms with Crippen LogP contribution in [0.1, 0.15) is 61.9 Å². The molecule has 1 aliphatic rings. The fraction of sp³-hybridized carbons (Fsp3) is 0.333. The lowest BCUT2D eigenvalue weighted by atomic mass is 9.98. The van der Waals surface area contributed by atoms with Crippen molar-refractivity contribution >= 4 is 28.7 Å². The Kier molecular flexibility index (Phi) is 5.24. The molecular formula is C21H24ClN3. The zero-order valence-corrected chi connectivity index (χ0v) is 15.9. The predicted molar refractivity (Wildman–Crippen MR) is 106 cm³/mol. The summed E-state index contributed by atoms with van der Waals surface area (Å²) in [6, 6.07) is 6.14. The molecule has 0 amide bonds. The van der Waals surface area contributed by atoms with Crippen LogP contribution in [0.3, 0.4) is 0 Å². The van der Waals surface area contributed by atoms with Crippen molar-refractivity contribution in [3.8, 4) is 0 Å². The molecule has 0 fully saturated rings. The number of H-pyrrole nitrogens is 1. The van der Waals surface area contributed by atoms with Crippen LogP contribution >= 0.6 is 11.6 Å². The number of nitrogens with one attached hydrogen (secondary N) is 1. The molecule has 3 aromatic rings. The van der Waals surface area contributed by atoms with E-state index in [4.69, 9.17) is 11.6 Å². The van der Waals surface area contributed by atoms with Crippen molar-refractivity contribution in [1.82, 2.24) is 15.0 Å². The average Bonchev–Trinajstić information content (AvgIpc) is 3.22. The summed E-state index contributed by atoms with van der Waals surface area (Å²) in [5.41, 5.74) is 6.06. The zero-order valence-electron chi connectivity index (χ0n) is 15.2. The first kappa shape index (κ1) is 17.7. The minimum Gasteiger partial charge on any atom is -0.346 e. The van der Waals surface area contributed by atoms with Gasteiger partial charge in [-0.3, -0.25) is 0 Å². The molecule has 0 atom stereocenters. The van der Waals surface area contributed by atoms with Crippen LogP contribution in [0.25, 0.3) is 17.1 Å². The average molecular weight is 354 g/mol. The topological polar surface area (TPSA) is 41.6 Å². The SMILES string of the molecule is CC(C)c1cc(Cl)nc2c1C=CC2.CC(C)c1ccnc2[nH]ccc12. The summed E-state index contributed by atoms with van der Waals surface area (Å²) < 4.78 is 0. The van der Waals surface area contributed by atoms with Crippen LogP contribution in [-0.4, -0.2) is 15.0 Å². The second kappa shape index (κ2) is 7.40. The molecule has 0 radical (unpaired) electrons. The van der Waals surface area contributed by atoms with E-state index >= 15 is 0 Å². The minimum atomic E-state index is 0.511. The summed E-state index contributed by atoms with van der Waals surface area (Å²) in [4.78, 5) is 11.6. The van der Waals surface area contributed by atoms with Crippen LogP contribution < -0.4 is 0 Å². The third-order valence-electron chi connectivity index (χ3n) is 4.47. The van der Waals surface area contributed by atoms with Gasteiger partial charge in [-0.15, -0.1) is 0 Å². The second-order valence-electron chi connectivity index (χ2n) is 6.95. The Labute approximate surface area is 154 Å². The number of aromatic nitrogens is 3. The summed E-state index contributed by atoms with van der Waals surface area (Å²) >= 11 is 5.93. The predicted octanol–water partition coefficient (Wildman–Crippen LogP) is 6.11. The number of hydrogen-bond donors (Lipinski definition) is 1. The van der Waals surface area contributed by atoms with Crippen molar-refractivity contribution in [1.29, 1.82) is 0 Å². The van der Waals surface area contributed by atoms with Gasteiger partial charge in [-0.2, -0.15) is 0 Å². The Morgan fingerprint density at radius 1 is 1.08 bits per heavy atom. The molecule has 25 heavy (non-hydrogen) atoms. The molecule has 4 heteroatoms. The molecule has 0 aromatic carbocycles. The monoisotopic (exact) mass is 353 g/mol. The van der Waals surface area contributed by atoms with E-state index in [0.29, 0.717) is 17.0 Å². The fourth-order valence-electron chi connectivity index (χ4n) is 3.19. The van der Waals surface area contributed by atoms with E-state index in [1.807, 2.05) is 18.5 Å². The molecule has 1 aliphatic carbocycles. The molecular weight excluding hydrogens is 330 g/mol. The Morgan fingerprint density at radius 3 is 2.56 bits per heavy atom. The molecule has 1 N–H and O–H groups in total. The maximum atomic E-state index is 5.93. The summed E-state index contributed by atoms with van der Waals surface area (Å²) in [6.45, 7) is 8.75. The molecule has 0 saturated heterocycles. The lowest BCUT2D eigenvalue weighted by molar-refractivity contribution is 0.856. The second-order valence-corrected chi connectivity index (χ2v) is 7.34. The van der Waals surface area contributed by atoms with Crippen LogP contribution in [0.15, 0.2) is 36.7 Å². The lowest BCUT2D eigenvalue weighted by Gasteiger charge is -2.10. The van der Waals surface area contributed by atoms with E-state index in [1.165, 1.54) is 22.1 Å². The third kappa shape index (κ3) is 3.77. The van der Waals surface area contributed by atoms with Crippen molar-refractivity contribution in [3.63, 3.8) is 0 Å². The lowest BCUT2D eigenvalue weighted by Crippen LogP contribution is -1.97. The maximum Gasteiger partial charge on any atom is 0.137 e. The number of allylic oxidation sites excluding steroid dienone is 1.